The van der Waals surface area contributed by atoms with Gasteiger partial charge < -0.3 is 19.7 Å². The maximum absolute atomic E-state index is 13.7. The zero-order chi connectivity index (χ0) is 33.4. The summed E-state index contributed by atoms with van der Waals surface area (Å²) in [4.78, 5) is 43.1. The molecule has 3 aromatic carbocycles. The van der Waals surface area contributed by atoms with Crippen LogP contribution in [0.3, 0.4) is 0 Å². The molecule has 0 unspecified atom stereocenters. The van der Waals surface area contributed by atoms with E-state index in [1.807, 2.05) is 86.0 Å². The van der Waals surface area contributed by atoms with E-state index >= 15 is 0 Å². The van der Waals surface area contributed by atoms with Crippen LogP contribution >= 0.6 is 0 Å². The van der Waals surface area contributed by atoms with Gasteiger partial charge in [0, 0.05) is 51.4 Å². The second kappa shape index (κ2) is 15.3. The second-order valence-corrected chi connectivity index (χ2v) is 13.2. The van der Waals surface area contributed by atoms with Crippen LogP contribution in [0.25, 0.3) is 11.0 Å². The molecular formula is C37H47N5O5. The maximum Gasteiger partial charge on any atom is 0.409 e. The summed E-state index contributed by atoms with van der Waals surface area (Å²) in [7, 11) is 0. The Kier molecular flexibility index (Phi) is 11.0. The normalized spacial score (nSPS) is 14.7. The zero-order valence-corrected chi connectivity index (χ0v) is 27.9. The molecule has 10 heteroatoms. The number of imidazole rings is 1. The largest absolute Gasteiger partial charge is 0.448 e. The van der Waals surface area contributed by atoms with Crippen molar-refractivity contribution in [1.82, 2.24) is 24.3 Å². The third-order valence-electron chi connectivity index (χ3n) is 8.49. The predicted molar refractivity (Wildman–Crippen MR) is 183 cm³/mol. The minimum Gasteiger partial charge on any atom is -0.448 e. The van der Waals surface area contributed by atoms with Crippen molar-refractivity contribution in [3.05, 3.63) is 107 Å². The number of alkyl carbamates (subject to hydrolysis) is 1. The zero-order valence-electron chi connectivity index (χ0n) is 27.9. The molecule has 5 rings (SSSR count). The number of likely N-dealkylation sites (tertiary alicyclic amines) is 1. The lowest BCUT2D eigenvalue weighted by molar-refractivity contribution is 0.0524. The molecule has 2 heterocycles. The summed E-state index contributed by atoms with van der Waals surface area (Å²) >= 11 is 0. The summed E-state index contributed by atoms with van der Waals surface area (Å²) < 4.78 is 14.7. The Labute approximate surface area is 276 Å². The van der Waals surface area contributed by atoms with Gasteiger partial charge in [-0.2, -0.15) is 0 Å². The molecule has 0 radical (unpaired) electrons. The molecule has 0 saturated carbocycles. The van der Waals surface area contributed by atoms with Gasteiger partial charge in [0.1, 0.15) is 12.2 Å². The first kappa shape index (κ1) is 33.8. The van der Waals surface area contributed by atoms with Crippen molar-refractivity contribution in [3.63, 3.8) is 0 Å². The van der Waals surface area contributed by atoms with E-state index in [4.69, 9.17) is 9.47 Å². The van der Waals surface area contributed by atoms with Crippen molar-refractivity contribution in [1.29, 1.82) is 0 Å². The molecule has 4 aromatic rings. The third kappa shape index (κ3) is 9.04. The van der Waals surface area contributed by atoms with Gasteiger partial charge in [-0.1, -0.05) is 72.8 Å². The van der Waals surface area contributed by atoms with E-state index < -0.39 is 11.7 Å². The smallest absolute Gasteiger partial charge is 0.409 e. The number of nitrogens with zero attached hydrogens (tertiary/aromatic N) is 4. The quantitative estimate of drug-likeness (QED) is 0.210. The fourth-order valence-electron chi connectivity index (χ4n) is 6.08. The van der Waals surface area contributed by atoms with E-state index in [9.17, 15) is 14.4 Å². The Bertz CT molecular complexity index is 1630. The highest BCUT2D eigenvalue weighted by atomic mass is 16.6. The van der Waals surface area contributed by atoms with Gasteiger partial charge in [0.2, 0.25) is 0 Å². The molecule has 1 fully saturated rings. The number of carbonyl (C=O) groups excluding carboxylic acids is 2. The average Bonchev–Trinajstić information content (AvgIpc) is 3.34. The van der Waals surface area contributed by atoms with Gasteiger partial charge >= 0.3 is 17.9 Å². The highest BCUT2D eigenvalue weighted by Crippen LogP contribution is 2.26. The van der Waals surface area contributed by atoms with Crippen LogP contribution in [0.2, 0.25) is 0 Å². The van der Waals surface area contributed by atoms with Crippen molar-refractivity contribution < 1.29 is 19.1 Å². The lowest BCUT2D eigenvalue weighted by atomic mass is 10.0. The molecule has 1 aromatic heterocycles. The monoisotopic (exact) mass is 641 g/mol. The minimum atomic E-state index is -0.596. The molecule has 2 amide bonds. The van der Waals surface area contributed by atoms with E-state index in [-0.39, 0.29) is 37.0 Å². The van der Waals surface area contributed by atoms with E-state index in [2.05, 4.69) is 41.4 Å². The molecule has 10 nitrogen and oxygen atoms in total. The summed E-state index contributed by atoms with van der Waals surface area (Å²) in [5.41, 5.74) is 3.36. The average molecular weight is 642 g/mol. The first-order valence-corrected chi connectivity index (χ1v) is 16.5. The number of ether oxygens (including phenoxy) is 2. The standard InChI is InChI=1S/C37H47N5O5/c1-28(40(25-29-13-7-5-8-14-29)26-30-15-9-6-10-16-30)27-46-36(45)39-22-19-31(20-23-39)42-33-18-12-11-17-32(33)41(35(42)44)24-21-38-34(43)47-37(2,3)4/h5-18,28,31H,19-27H2,1-4H3,(H,38,43)/t28-/m0/s1. The first-order chi connectivity index (χ1) is 22.6. The number of rotatable bonds is 11. The SMILES string of the molecule is C[C@@H](COC(=O)N1CCC(n2c(=O)n(CCNC(=O)OC(C)(C)C)c3ccccc32)CC1)N(Cc1ccccc1)Cc1ccccc1. The number of piperidine rings is 1. The Balaban J connectivity index is 1.18. The number of hydrogen-bond acceptors (Lipinski definition) is 6. The summed E-state index contributed by atoms with van der Waals surface area (Å²) in [6.07, 6.45) is 0.451. The molecule has 1 atom stereocenters. The summed E-state index contributed by atoms with van der Waals surface area (Å²) in [5.74, 6) is 0. The van der Waals surface area contributed by atoms with Crippen LogP contribution in [0.4, 0.5) is 9.59 Å². The van der Waals surface area contributed by atoms with Crippen molar-refractivity contribution in [2.75, 3.05) is 26.2 Å². The van der Waals surface area contributed by atoms with Crippen molar-refractivity contribution in [2.45, 2.75) is 77.9 Å². The highest BCUT2D eigenvalue weighted by Gasteiger charge is 2.29. The van der Waals surface area contributed by atoms with E-state index in [0.717, 1.165) is 24.1 Å². The molecular weight excluding hydrogens is 594 g/mol. The fourth-order valence-corrected chi connectivity index (χ4v) is 6.08. The molecule has 0 bridgehead atoms. The molecule has 250 valence electrons. The number of para-hydroxylation sites is 2. The van der Waals surface area contributed by atoms with Gasteiger partial charge in [-0.05, 0) is 63.8 Å². The molecule has 0 aliphatic carbocycles. The minimum absolute atomic E-state index is 0.00594. The van der Waals surface area contributed by atoms with E-state index in [1.54, 1.807) is 9.47 Å². The van der Waals surface area contributed by atoms with Gasteiger partial charge in [0.25, 0.3) is 0 Å². The van der Waals surface area contributed by atoms with Crippen molar-refractivity contribution in [2.24, 2.45) is 0 Å². The number of nitrogens with one attached hydrogen (secondary N) is 1. The van der Waals surface area contributed by atoms with Gasteiger partial charge in [-0.25, -0.2) is 14.4 Å². The van der Waals surface area contributed by atoms with Crippen LogP contribution in [-0.4, -0.2) is 69.0 Å². The second-order valence-electron chi connectivity index (χ2n) is 13.2. The van der Waals surface area contributed by atoms with Gasteiger partial charge in [0.15, 0.2) is 0 Å². The summed E-state index contributed by atoms with van der Waals surface area (Å²) in [6, 6.07) is 28.3. The number of aromatic nitrogens is 2. The predicted octanol–water partition coefficient (Wildman–Crippen LogP) is 6.19. The van der Waals surface area contributed by atoms with Gasteiger partial charge in [-0.3, -0.25) is 14.0 Å². The van der Waals surface area contributed by atoms with Crippen LogP contribution in [-0.2, 0) is 29.1 Å². The van der Waals surface area contributed by atoms with Crippen LogP contribution in [0.5, 0.6) is 0 Å². The fraction of sp³-hybridized carbons (Fsp3) is 0.432. The van der Waals surface area contributed by atoms with Crippen LogP contribution < -0.4 is 11.0 Å². The van der Waals surface area contributed by atoms with Gasteiger partial charge in [0.05, 0.1) is 11.0 Å². The van der Waals surface area contributed by atoms with E-state index in [1.165, 1.54) is 11.1 Å². The van der Waals surface area contributed by atoms with Crippen LogP contribution in [0.15, 0.2) is 89.7 Å². The van der Waals surface area contributed by atoms with Crippen molar-refractivity contribution in [3.8, 4) is 0 Å². The Morgan fingerprint density at radius 1 is 0.872 bits per heavy atom. The topological polar surface area (TPSA) is 98.0 Å². The summed E-state index contributed by atoms with van der Waals surface area (Å²) in [5, 5.41) is 2.75. The number of benzene rings is 3. The molecule has 1 saturated heterocycles. The summed E-state index contributed by atoms with van der Waals surface area (Å²) in [6.45, 7) is 10.9. The Morgan fingerprint density at radius 3 is 2.00 bits per heavy atom. The lowest BCUT2D eigenvalue weighted by Crippen LogP contribution is -2.43. The number of carbonyl (C=O) groups is 2. The van der Waals surface area contributed by atoms with E-state index in [0.29, 0.717) is 32.5 Å². The first-order valence-electron chi connectivity index (χ1n) is 16.5. The third-order valence-corrected chi connectivity index (χ3v) is 8.49. The highest BCUT2D eigenvalue weighted by molar-refractivity contribution is 5.76. The molecule has 1 aliphatic rings. The molecule has 1 N–H and O–H groups in total. The molecule has 47 heavy (non-hydrogen) atoms. The lowest BCUT2D eigenvalue weighted by Gasteiger charge is -2.33. The molecule has 0 spiro atoms. The number of fused-ring (bicyclic) bond motifs is 1. The Hall–Kier alpha value is -4.57. The van der Waals surface area contributed by atoms with Gasteiger partial charge in [-0.15, -0.1) is 0 Å². The molecule has 1 aliphatic heterocycles. The Morgan fingerprint density at radius 2 is 1.43 bits per heavy atom. The number of amides is 2. The van der Waals surface area contributed by atoms with Crippen LogP contribution in [0.1, 0.15) is 57.7 Å². The number of hydrogen-bond donors (Lipinski definition) is 1. The maximum atomic E-state index is 13.7. The van der Waals surface area contributed by atoms with Crippen LogP contribution in [0, 0.1) is 0 Å². The van der Waals surface area contributed by atoms with Crippen molar-refractivity contribution >= 4 is 23.2 Å².